The molecule has 26 heavy (non-hydrogen) atoms. The summed E-state index contributed by atoms with van der Waals surface area (Å²) in [4.78, 5) is 13.9. The van der Waals surface area contributed by atoms with Gasteiger partial charge in [0, 0.05) is 31.3 Å². The summed E-state index contributed by atoms with van der Waals surface area (Å²) in [6.45, 7) is 1.86. The molecule has 0 bridgehead atoms. The quantitative estimate of drug-likeness (QED) is 0.802. The third-order valence-electron chi connectivity index (χ3n) is 4.40. The first-order valence-electron chi connectivity index (χ1n) is 8.54. The smallest absolute Gasteiger partial charge is 0.273 e. The van der Waals surface area contributed by atoms with E-state index in [-0.39, 0.29) is 30.8 Å². The van der Waals surface area contributed by atoms with Gasteiger partial charge >= 0.3 is 0 Å². The number of piperidine rings is 1. The number of aromatic nitrogens is 3. The van der Waals surface area contributed by atoms with Crippen LogP contribution >= 0.6 is 0 Å². The molecule has 3 rings (SSSR count). The van der Waals surface area contributed by atoms with Crippen molar-refractivity contribution in [3.63, 3.8) is 0 Å². The Balaban J connectivity index is 1.63. The minimum Gasteiger partial charge on any atom is -0.395 e. The number of nitrogens with one attached hydrogen (secondary N) is 1. The van der Waals surface area contributed by atoms with Crippen LogP contribution in [0.25, 0.3) is 0 Å². The highest BCUT2D eigenvalue weighted by Gasteiger charge is 2.24. The first-order valence-corrected chi connectivity index (χ1v) is 8.54. The number of nitrogens with zero attached hydrogens (tertiary/aromatic N) is 4. The van der Waals surface area contributed by atoms with Gasteiger partial charge in [-0.2, -0.15) is 0 Å². The molecular formula is C17H21F2N5O2. The Labute approximate surface area is 149 Å². The van der Waals surface area contributed by atoms with Gasteiger partial charge in [-0.25, -0.2) is 13.5 Å². The average molecular weight is 365 g/mol. The maximum Gasteiger partial charge on any atom is 0.273 e. The van der Waals surface area contributed by atoms with E-state index >= 15 is 0 Å². The van der Waals surface area contributed by atoms with Gasteiger partial charge in [-0.3, -0.25) is 9.69 Å². The van der Waals surface area contributed by atoms with Gasteiger partial charge in [0.25, 0.3) is 5.91 Å². The van der Waals surface area contributed by atoms with Crippen molar-refractivity contribution in [1.29, 1.82) is 0 Å². The largest absolute Gasteiger partial charge is 0.395 e. The fourth-order valence-electron chi connectivity index (χ4n) is 3.10. The predicted molar refractivity (Wildman–Crippen MR) is 89.3 cm³/mol. The van der Waals surface area contributed by atoms with Gasteiger partial charge in [0.1, 0.15) is 11.6 Å². The van der Waals surface area contributed by atoms with Crippen molar-refractivity contribution >= 4 is 5.91 Å². The van der Waals surface area contributed by atoms with E-state index in [1.165, 1.54) is 12.1 Å². The zero-order valence-electron chi connectivity index (χ0n) is 14.2. The summed E-state index contributed by atoms with van der Waals surface area (Å²) in [5, 5.41) is 19.2. The number of aliphatic hydroxyl groups is 1. The molecule has 2 N–H and O–H groups in total. The van der Waals surface area contributed by atoms with Crippen molar-refractivity contribution in [2.75, 3.05) is 26.2 Å². The van der Waals surface area contributed by atoms with Crippen LogP contribution in [0.3, 0.4) is 0 Å². The molecular weight excluding hydrogens is 344 g/mol. The molecule has 0 spiro atoms. The number of rotatable bonds is 6. The number of likely N-dealkylation sites (tertiary alicyclic amines) is 1. The molecule has 0 saturated carbocycles. The molecule has 0 radical (unpaired) electrons. The Morgan fingerprint density at radius 3 is 3.00 bits per heavy atom. The molecule has 1 aliphatic heterocycles. The minimum absolute atomic E-state index is 0.0270. The number of carbonyl (C=O) groups excluding carboxylic acids is 1. The van der Waals surface area contributed by atoms with Gasteiger partial charge in [-0.05, 0) is 25.5 Å². The molecule has 1 atom stereocenters. The van der Waals surface area contributed by atoms with Crippen LogP contribution in [0, 0.1) is 11.6 Å². The molecule has 1 aliphatic rings. The standard InChI is InChI=1S/C17H21F2N5O2/c18-13-4-3-12(15(19)8-13)9-23-6-1-2-14(10-23)24-11-16(21-22-24)17(26)20-5-7-25/h3-4,8,11,14,25H,1-2,5-7,9-10H2,(H,20,26). The third kappa shape index (κ3) is 4.41. The lowest BCUT2D eigenvalue weighted by molar-refractivity contribution is 0.0939. The number of carbonyl (C=O) groups is 1. The second-order valence-corrected chi connectivity index (χ2v) is 6.33. The molecule has 1 amide bonds. The lowest BCUT2D eigenvalue weighted by Gasteiger charge is -2.32. The summed E-state index contributed by atoms with van der Waals surface area (Å²) in [6, 6.07) is 3.65. The molecule has 7 nitrogen and oxygen atoms in total. The molecule has 1 aromatic carbocycles. The average Bonchev–Trinajstić information content (AvgIpc) is 3.13. The normalized spacial score (nSPS) is 18.0. The van der Waals surface area contributed by atoms with Crippen molar-refractivity contribution in [2.24, 2.45) is 0 Å². The van der Waals surface area contributed by atoms with E-state index in [0.717, 1.165) is 25.5 Å². The van der Waals surface area contributed by atoms with Crippen LogP contribution < -0.4 is 5.32 Å². The third-order valence-corrected chi connectivity index (χ3v) is 4.40. The van der Waals surface area contributed by atoms with Gasteiger partial charge in [0.05, 0.1) is 18.8 Å². The van der Waals surface area contributed by atoms with Crippen LogP contribution in [-0.2, 0) is 6.54 Å². The van der Waals surface area contributed by atoms with Crippen LogP contribution in [0.2, 0.25) is 0 Å². The molecule has 2 heterocycles. The van der Waals surface area contributed by atoms with Crippen molar-refractivity contribution < 1.29 is 18.7 Å². The summed E-state index contributed by atoms with van der Waals surface area (Å²) < 4.78 is 28.6. The maximum atomic E-state index is 13.9. The van der Waals surface area contributed by atoms with Crippen molar-refractivity contribution in [1.82, 2.24) is 25.2 Å². The summed E-state index contributed by atoms with van der Waals surface area (Å²) in [6.07, 6.45) is 3.36. The second kappa shape index (κ2) is 8.33. The molecule has 9 heteroatoms. The van der Waals surface area contributed by atoms with Crippen molar-refractivity contribution in [3.05, 3.63) is 47.3 Å². The predicted octanol–water partition coefficient (Wildman–Crippen LogP) is 1.12. The molecule has 1 unspecified atom stereocenters. The van der Waals surface area contributed by atoms with Gasteiger partial charge in [-0.15, -0.1) is 5.10 Å². The number of hydrogen-bond donors (Lipinski definition) is 2. The minimum atomic E-state index is -0.586. The van der Waals surface area contributed by atoms with E-state index in [4.69, 9.17) is 5.11 Å². The molecule has 1 aromatic heterocycles. The SMILES string of the molecule is O=C(NCCO)c1cn(C2CCCN(Cc3ccc(F)cc3F)C2)nn1. The molecule has 1 fully saturated rings. The highest BCUT2D eigenvalue weighted by molar-refractivity contribution is 5.91. The van der Waals surface area contributed by atoms with Gasteiger partial charge in [-0.1, -0.05) is 11.3 Å². The molecule has 140 valence electrons. The number of aliphatic hydroxyl groups excluding tert-OH is 1. The van der Waals surface area contributed by atoms with Crippen molar-refractivity contribution in [3.8, 4) is 0 Å². The molecule has 0 aliphatic carbocycles. The van der Waals surface area contributed by atoms with E-state index in [9.17, 15) is 13.6 Å². The Morgan fingerprint density at radius 1 is 1.38 bits per heavy atom. The van der Waals surface area contributed by atoms with E-state index in [0.29, 0.717) is 18.7 Å². The van der Waals surface area contributed by atoms with Crippen LogP contribution in [0.15, 0.2) is 24.4 Å². The van der Waals surface area contributed by atoms with Crippen LogP contribution in [0.1, 0.15) is 34.9 Å². The summed E-state index contributed by atoms with van der Waals surface area (Å²) in [5.41, 5.74) is 0.648. The van der Waals surface area contributed by atoms with Gasteiger partial charge in [0.2, 0.25) is 0 Å². The maximum absolute atomic E-state index is 13.9. The highest BCUT2D eigenvalue weighted by atomic mass is 19.1. The summed E-state index contributed by atoms with van der Waals surface area (Å²) in [7, 11) is 0. The monoisotopic (exact) mass is 365 g/mol. The van der Waals surface area contributed by atoms with Gasteiger partial charge in [0.15, 0.2) is 5.69 Å². The Kier molecular flexibility index (Phi) is 5.89. The van der Waals surface area contributed by atoms with E-state index in [1.54, 1.807) is 10.9 Å². The number of benzene rings is 1. The Bertz CT molecular complexity index is 767. The number of halogens is 2. The molecule has 1 saturated heterocycles. The first kappa shape index (κ1) is 18.4. The zero-order chi connectivity index (χ0) is 18.5. The highest BCUT2D eigenvalue weighted by Crippen LogP contribution is 2.23. The van der Waals surface area contributed by atoms with Crippen LogP contribution in [-0.4, -0.2) is 57.1 Å². The molecule has 2 aromatic rings. The fraction of sp³-hybridized carbons (Fsp3) is 0.471. The Morgan fingerprint density at radius 2 is 2.23 bits per heavy atom. The van der Waals surface area contributed by atoms with Crippen LogP contribution in [0.4, 0.5) is 8.78 Å². The van der Waals surface area contributed by atoms with Crippen LogP contribution in [0.5, 0.6) is 0 Å². The van der Waals surface area contributed by atoms with E-state index in [2.05, 4.69) is 20.5 Å². The summed E-state index contributed by atoms with van der Waals surface area (Å²) in [5.74, 6) is -1.51. The second-order valence-electron chi connectivity index (χ2n) is 6.33. The Hall–Kier alpha value is -2.39. The summed E-state index contributed by atoms with van der Waals surface area (Å²) >= 11 is 0. The first-order chi connectivity index (χ1) is 12.6. The number of amides is 1. The van der Waals surface area contributed by atoms with Gasteiger partial charge < -0.3 is 10.4 Å². The fourth-order valence-corrected chi connectivity index (χ4v) is 3.10. The number of hydrogen-bond acceptors (Lipinski definition) is 5. The zero-order valence-corrected chi connectivity index (χ0v) is 14.2. The van der Waals surface area contributed by atoms with Crippen molar-refractivity contribution in [2.45, 2.75) is 25.4 Å². The van der Waals surface area contributed by atoms with E-state index < -0.39 is 11.6 Å². The topological polar surface area (TPSA) is 83.3 Å². The lowest BCUT2D eigenvalue weighted by atomic mass is 10.0. The lowest BCUT2D eigenvalue weighted by Crippen LogP contribution is -2.36. The van der Waals surface area contributed by atoms with E-state index in [1.807, 2.05) is 0 Å².